The van der Waals surface area contributed by atoms with Crippen molar-refractivity contribution in [2.45, 2.75) is 89.8 Å². The molecule has 1 unspecified atom stereocenters. The Morgan fingerprint density at radius 1 is 1.02 bits per heavy atom. The fourth-order valence-corrected chi connectivity index (χ4v) is 6.56. The molecule has 1 aromatic carbocycles. The lowest BCUT2D eigenvalue weighted by Crippen LogP contribution is -2.58. The summed E-state index contributed by atoms with van der Waals surface area (Å²) in [7, 11) is 1.99. The number of aromatic nitrogens is 2. The minimum absolute atomic E-state index is 0.0506. The van der Waals surface area contributed by atoms with Crippen molar-refractivity contribution in [1.29, 1.82) is 0 Å². The summed E-state index contributed by atoms with van der Waals surface area (Å²) in [4.78, 5) is 43.3. The number of benzene rings is 1. The number of nitrogens with zero attached hydrogens (tertiary/aromatic N) is 4. The van der Waals surface area contributed by atoms with Crippen molar-refractivity contribution in [2.24, 2.45) is 11.8 Å². The van der Waals surface area contributed by atoms with Gasteiger partial charge in [0.1, 0.15) is 23.8 Å². The quantitative estimate of drug-likeness (QED) is 0.251. The summed E-state index contributed by atoms with van der Waals surface area (Å²) in [6.07, 6.45) is -4.00. The molecule has 2 heterocycles. The van der Waals surface area contributed by atoms with Crippen molar-refractivity contribution in [3.05, 3.63) is 47.5 Å². The molecule has 11 nitrogen and oxygen atoms in total. The number of aliphatic hydroxyl groups excluding tert-OH is 1. The average Bonchev–Trinajstić information content (AvgIpc) is 3.55. The molecule has 1 saturated carbocycles. The number of aryl methyl sites for hydroxylation is 1. The van der Waals surface area contributed by atoms with Crippen LogP contribution in [0.15, 0.2) is 30.5 Å². The summed E-state index contributed by atoms with van der Waals surface area (Å²) < 4.78 is 57.2. The highest BCUT2D eigenvalue weighted by atomic mass is 19.4. The highest BCUT2D eigenvalue weighted by molar-refractivity contribution is 6.00. The second-order valence-corrected chi connectivity index (χ2v) is 12.9. The smallest absolute Gasteiger partial charge is 0.376 e. The monoisotopic (exact) mass is 681 g/mol. The number of carbonyl (C=O) groups is 3. The third-order valence-corrected chi connectivity index (χ3v) is 9.72. The Morgan fingerprint density at radius 2 is 1.69 bits per heavy atom. The topological polar surface area (TPSA) is 132 Å². The van der Waals surface area contributed by atoms with Gasteiger partial charge in [0, 0.05) is 51.3 Å². The lowest BCUT2D eigenvalue weighted by atomic mass is 9.78. The van der Waals surface area contributed by atoms with Gasteiger partial charge >= 0.3 is 6.18 Å². The summed E-state index contributed by atoms with van der Waals surface area (Å²) in [6.45, 7) is 8.33. The summed E-state index contributed by atoms with van der Waals surface area (Å²) >= 11 is 0. The van der Waals surface area contributed by atoms with Crippen LogP contribution >= 0.6 is 0 Å². The van der Waals surface area contributed by atoms with Gasteiger partial charge in [0.15, 0.2) is 0 Å². The fraction of sp³-hybridized carbons (Fsp3) is 0.636. The van der Waals surface area contributed by atoms with E-state index in [1.54, 1.807) is 26.8 Å². The van der Waals surface area contributed by atoms with E-state index in [-0.39, 0.29) is 49.4 Å². The lowest BCUT2D eigenvalue weighted by Gasteiger charge is -2.40. The summed E-state index contributed by atoms with van der Waals surface area (Å²) in [5, 5.41) is 23.5. The molecule has 15 heteroatoms. The molecule has 4 rings (SSSR count). The van der Waals surface area contributed by atoms with E-state index in [1.807, 2.05) is 11.9 Å². The first-order valence-electron chi connectivity index (χ1n) is 16.6. The summed E-state index contributed by atoms with van der Waals surface area (Å²) in [6, 6.07) is 3.69. The van der Waals surface area contributed by atoms with Gasteiger partial charge in [0.25, 0.3) is 5.91 Å². The Bertz CT molecular complexity index is 1400. The molecule has 1 aliphatic carbocycles. The lowest BCUT2D eigenvalue weighted by molar-refractivity contribution is -0.184. The highest BCUT2D eigenvalue weighted by Gasteiger charge is 2.44. The van der Waals surface area contributed by atoms with Crippen LogP contribution in [0.4, 0.5) is 23.2 Å². The Labute approximate surface area is 278 Å². The number of hydrogen-bond donors (Lipinski definition) is 4. The van der Waals surface area contributed by atoms with E-state index < -0.39 is 59.9 Å². The number of rotatable bonds is 12. The first-order valence-corrected chi connectivity index (χ1v) is 16.6. The predicted molar refractivity (Wildman–Crippen MR) is 171 cm³/mol. The van der Waals surface area contributed by atoms with Crippen molar-refractivity contribution >= 4 is 23.4 Å². The van der Waals surface area contributed by atoms with Crippen LogP contribution in [0, 0.1) is 17.7 Å². The van der Waals surface area contributed by atoms with Gasteiger partial charge in [-0.15, -0.1) is 0 Å². The van der Waals surface area contributed by atoms with Crippen LogP contribution in [0.5, 0.6) is 0 Å². The molecule has 266 valence electrons. The first-order chi connectivity index (χ1) is 22.7. The second kappa shape index (κ2) is 16.2. The van der Waals surface area contributed by atoms with Gasteiger partial charge in [-0.3, -0.25) is 24.0 Å². The van der Waals surface area contributed by atoms with E-state index in [0.717, 1.165) is 13.1 Å². The number of piperazine rings is 1. The number of likely N-dealkylation sites (N-methyl/N-ethyl adjacent to an activating group) is 1. The first kappa shape index (κ1) is 37.3. The standard InChI is InChI=1S/C33H47F4N7O4/c1-5-27(45)40-28(32(48)43-17-15-42(4)16-18-43)20(3)22-9-12-25(24(34)19-22)39-31(47)29(21-7-10-23(11-8-21)33(35,36)37)41-30(46)26-13-14-38-44(26)6-2/h9,12-14,19-21,23,28-29,32,48H,5-8,10-11,15-18H2,1-4H3,(H,39,47)(H,40,45)(H,41,46)/t20-,21-,23-,28+,29-,32?/m0/s1. The van der Waals surface area contributed by atoms with Crippen molar-refractivity contribution in [3.8, 4) is 0 Å². The Morgan fingerprint density at radius 3 is 2.27 bits per heavy atom. The number of nitrogens with one attached hydrogen (secondary N) is 3. The van der Waals surface area contributed by atoms with Crippen LogP contribution in [0.1, 0.15) is 74.8 Å². The van der Waals surface area contributed by atoms with Crippen LogP contribution < -0.4 is 16.0 Å². The predicted octanol–water partition coefficient (Wildman–Crippen LogP) is 3.71. The number of amides is 3. The minimum atomic E-state index is -4.35. The molecule has 2 aromatic rings. The maximum atomic E-state index is 15.6. The second-order valence-electron chi connectivity index (χ2n) is 12.9. The molecule has 2 aliphatic rings. The summed E-state index contributed by atoms with van der Waals surface area (Å²) in [5.74, 6) is -5.01. The van der Waals surface area contributed by atoms with Crippen LogP contribution in [-0.2, 0) is 16.1 Å². The van der Waals surface area contributed by atoms with Crippen molar-refractivity contribution in [3.63, 3.8) is 0 Å². The van der Waals surface area contributed by atoms with Crippen LogP contribution in [0.25, 0.3) is 0 Å². The molecule has 0 bridgehead atoms. The molecule has 0 radical (unpaired) electrons. The number of anilines is 1. The van der Waals surface area contributed by atoms with E-state index in [1.165, 1.54) is 29.1 Å². The third kappa shape index (κ3) is 9.11. The van der Waals surface area contributed by atoms with E-state index in [2.05, 4.69) is 25.9 Å². The van der Waals surface area contributed by atoms with E-state index in [4.69, 9.17) is 0 Å². The highest BCUT2D eigenvalue weighted by Crippen LogP contribution is 2.40. The number of hydrogen-bond acceptors (Lipinski definition) is 7. The molecule has 48 heavy (non-hydrogen) atoms. The van der Waals surface area contributed by atoms with Crippen LogP contribution in [-0.4, -0.2) is 100 Å². The van der Waals surface area contributed by atoms with E-state index >= 15 is 4.39 Å². The Hall–Kier alpha value is -3.56. The van der Waals surface area contributed by atoms with Gasteiger partial charge in [0.05, 0.1) is 17.6 Å². The number of halogens is 4. The van der Waals surface area contributed by atoms with Crippen molar-refractivity contribution in [2.75, 3.05) is 38.5 Å². The van der Waals surface area contributed by atoms with Gasteiger partial charge in [-0.2, -0.15) is 18.3 Å². The average molecular weight is 682 g/mol. The minimum Gasteiger partial charge on any atom is -0.376 e. The van der Waals surface area contributed by atoms with Gasteiger partial charge in [-0.25, -0.2) is 4.39 Å². The molecule has 4 N–H and O–H groups in total. The molecular formula is C33H47F4N7O4. The maximum absolute atomic E-state index is 15.6. The number of alkyl halides is 3. The normalized spacial score (nSPS) is 21.9. The molecule has 1 aliphatic heterocycles. The van der Waals surface area contributed by atoms with Crippen LogP contribution in [0.2, 0.25) is 0 Å². The zero-order chi connectivity index (χ0) is 35.2. The van der Waals surface area contributed by atoms with Crippen molar-refractivity contribution in [1.82, 2.24) is 30.2 Å². The van der Waals surface area contributed by atoms with Gasteiger partial charge in [-0.1, -0.05) is 19.9 Å². The molecule has 1 aromatic heterocycles. The molecule has 3 amide bonds. The van der Waals surface area contributed by atoms with E-state index in [9.17, 15) is 32.7 Å². The Balaban J connectivity index is 1.53. The third-order valence-electron chi connectivity index (χ3n) is 9.72. The zero-order valence-electron chi connectivity index (χ0n) is 27.9. The SMILES string of the molecule is CCC(=O)N[C@@H](C(O)N1CCN(C)CC1)[C@@H](C)c1ccc(NC(=O)[C@@H](NC(=O)c2ccnn2CC)[C@H]2CC[C@H](C(F)(F)F)CC2)c(F)c1. The van der Waals surface area contributed by atoms with Crippen molar-refractivity contribution < 1.29 is 37.1 Å². The molecule has 0 spiro atoms. The van der Waals surface area contributed by atoms with Gasteiger partial charge < -0.3 is 26.0 Å². The molecular weight excluding hydrogens is 634 g/mol. The number of aliphatic hydroxyl groups is 1. The summed E-state index contributed by atoms with van der Waals surface area (Å²) in [5.41, 5.74) is 0.488. The van der Waals surface area contributed by atoms with Gasteiger partial charge in [0.2, 0.25) is 11.8 Å². The van der Waals surface area contributed by atoms with E-state index in [0.29, 0.717) is 25.2 Å². The molecule has 1 saturated heterocycles. The van der Waals surface area contributed by atoms with Crippen LogP contribution in [0.3, 0.4) is 0 Å². The fourth-order valence-electron chi connectivity index (χ4n) is 6.56. The molecule has 4 atom stereocenters. The largest absolute Gasteiger partial charge is 0.391 e. The number of carbonyl (C=O) groups excluding carboxylic acids is 3. The zero-order valence-corrected chi connectivity index (χ0v) is 27.9. The Kier molecular flexibility index (Phi) is 12.6. The van der Waals surface area contributed by atoms with Gasteiger partial charge in [-0.05, 0) is 69.3 Å². The molecule has 2 fully saturated rings. The maximum Gasteiger partial charge on any atom is 0.391 e.